The first kappa shape index (κ1) is 15.7. The van der Waals surface area contributed by atoms with E-state index in [1.807, 2.05) is 26.8 Å². The van der Waals surface area contributed by atoms with Gasteiger partial charge in [-0.05, 0) is 36.4 Å². The van der Waals surface area contributed by atoms with Crippen molar-refractivity contribution in [2.24, 2.45) is 4.99 Å². The molecule has 0 radical (unpaired) electrons. The molecular formula is C13H26AlNO. The summed E-state index contributed by atoms with van der Waals surface area (Å²) in [6, 6.07) is 0. The third kappa shape index (κ3) is 6.35. The second-order valence-corrected chi connectivity index (χ2v) is 8.77. The Hall–Kier alpha value is -0.258. The van der Waals surface area contributed by atoms with Gasteiger partial charge in [-0.2, -0.15) is 0 Å². The summed E-state index contributed by atoms with van der Waals surface area (Å²) < 4.78 is 7.46. The summed E-state index contributed by atoms with van der Waals surface area (Å²) in [7, 11) is 0. The molecule has 0 aliphatic carbocycles. The molecule has 0 amide bonds. The van der Waals surface area contributed by atoms with Gasteiger partial charge in [0.15, 0.2) is 0 Å². The van der Waals surface area contributed by atoms with Crippen LogP contribution < -0.4 is 0 Å². The lowest BCUT2D eigenvalue weighted by atomic mass is 10.3. The van der Waals surface area contributed by atoms with Crippen molar-refractivity contribution in [1.82, 2.24) is 0 Å². The van der Waals surface area contributed by atoms with Gasteiger partial charge in [0, 0.05) is 12.3 Å². The average molecular weight is 239 g/mol. The first-order valence-electron chi connectivity index (χ1n) is 6.24. The van der Waals surface area contributed by atoms with Crippen molar-refractivity contribution < 1.29 is 3.79 Å². The number of allylic oxidation sites excluding steroid dienone is 2. The van der Waals surface area contributed by atoms with Crippen LogP contribution in [-0.4, -0.2) is 26.7 Å². The Morgan fingerprint density at radius 1 is 1.19 bits per heavy atom. The second kappa shape index (κ2) is 7.93. The van der Waals surface area contributed by atoms with Crippen molar-refractivity contribution >= 4 is 20.2 Å². The topological polar surface area (TPSA) is 21.6 Å². The van der Waals surface area contributed by atoms with Crippen LogP contribution in [0.25, 0.3) is 0 Å². The standard InChI is InChI=1S/C7H13NO.2C3H7.Al/c1-4-8-6(2)5-7(3)9;2*1-3-2;/h5,9H,4H2,1-3H3;2*3H,1-2H3;/q;;;+1/p-1/b7-5-,8-6?;;;. The maximum Gasteiger partial charge on any atom is 0.552 e. The molecular weight excluding hydrogens is 213 g/mol. The van der Waals surface area contributed by atoms with Crippen LogP contribution in [0.5, 0.6) is 0 Å². The van der Waals surface area contributed by atoms with Crippen LogP contribution in [0.3, 0.4) is 0 Å². The predicted molar refractivity (Wildman–Crippen MR) is 74.4 cm³/mol. The molecule has 16 heavy (non-hydrogen) atoms. The average Bonchev–Trinajstić information content (AvgIpc) is 2.13. The highest BCUT2D eigenvalue weighted by Gasteiger charge is 2.31. The molecule has 0 spiro atoms. The Balaban J connectivity index is 4.51. The summed E-state index contributed by atoms with van der Waals surface area (Å²) in [5.74, 6) is 1.02. The van der Waals surface area contributed by atoms with Crippen LogP contribution in [0.4, 0.5) is 0 Å². The van der Waals surface area contributed by atoms with Gasteiger partial charge in [0.25, 0.3) is 0 Å². The molecule has 0 bridgehead atoms. The fourth-order valence-electron chi connectivity index (χ4n) is 1.88. The van der Waals surface area contributed by atoms with Gasteiger partial charge < -0.3 is 3.79 Å². The highest BCUT2D eigenvalue weighted by Crippen LogP contribution is 2.23. The molecule has 0 saturated carbocycles. The maximum atomic E-state index is 6.11. The SMILES string of the molecule is CCN=C(C)/C=C(/C)[O][Al]([CH](C)C)[CH](C)C. The van der Waals surface area contributed by atoms with Gasteiger partial charge in [0.05, 0.1) is 5.76 Å². The van der Waals surface area contributed by atoms with E-state index in [2.05, 4.69) is 32.7 Å². The van der Waals surface area contributed by atoms with Crippen molar-refractivity contribution in [3.05, 3.63) is 11.8 Å². The van der Waals surface area contributed by atoms with E-state index in [1.165, 1.54) is 0 Å². The van der Waals surface area contributed by atoms with Gasteiger partial charge in [-0.25, -0.2) is 0 Å². The molecule has 0 saturated heterocycles. The first-order chi connectivity index (χ1) is 7.38. The summed E-state index contributed by atoms with van der Waals surface area (Å²) in [6.45, 7) is 16.0. The zero-order valence-corrected chi connectivity index (χ0v) is 13.0. The molecule has 0 aromatic heterocycles. The van der Waals surface area contributed by atoms with Gasteiger partial charge >= 0.3 is 14.5 Å². The summed E-state index contributed by atoms with van der Waals surface area (Å²) in [6.07, 6.45) is 2.05. The van der Waals surface area contributed by atoms with Crippen LogP contribution in [0.1, 0.15) is 48.5 Å². The fourth-order valence-corrected chi connectivity index (χ4v) is 4.46. The Bertz CT molecular complexity index is 249. The van der Waals surface area contributed by atoms with Gasteiger partial charge in [-0.15, -0.1) is 0 Å². The van der Waals surface area contributed by atoms with E-state index in [-0.39, 0.29) is 0 Å². The van der Waals surface area contributed by atoms with Crippen LogP contribution in [0.2, 0.25) is 9.56 Å². The second-order valence-electron chi connectivity index (χ2n) is 4.94. The number of nitrogens with zero attached hydrogens (tertiary/aromatic N) is 1. The summed E-state index contributed by atoms with van der Waals surface area (Å²) >= 11 is -1.14. The number of rotatable bonds is 6. The Morgan fingerprint density at radius 3 is 2.06 bits per heavy atom. The molecule has 0 fully saturated rings. The lowest BCUT2D eigenvalue weighted by molar-refractivity contribution is 0.415. The maximum absolute atomic E-state index is 6.11. The summed E-state index contributed by atoms with van der Waals surface area (Å²) in [5, 5.41) is 0. The molecule has 3 heteroatoms. The molecule has 2 nitrogen and oxygen atoms in total. The van der Waals surface area contributed by atoms with Crippen molar-refractivity contribution in [2.45, 2.75) is 58.0 Å². The van der Waals surface area contributed by atoms with Crippen molar-refractivity contribution in [2.75, 3.05) is 6.54 Å². The molecule has 0 atom stereocenters. The quantitative estimate of drug-likeness (QED) is 0.387. The van der Waals surface area contributed by atoms with E-state index in [1.54, 1.807) is 0 Å². The molecule has 0 aromatic rings. The Morgan fingerprint density at radius 2 is 1.69 bits per heavy atom. The smallest absolute Gasteiger partial charge is 0.552 e. The van der Waals surface area contributed by atoms with Gasteiger partial charge in [-0.3, -0.25) is 4.99 Å². The van der Waals surface area contributed by atoms with E-state index < -0.39 is 14.5 Å². The van der Waals surface area contributed by atoms with Gasteiger partial charge in [0.1, 0.15) is 0 Å². The summed E-state index contributed by atoms with van der Waals surface area (Å²) in [4.78, 5) is 4.34. The molecule has 0 heterocycles. The third-order valence-electron chi connectivity index (χ3n) is 2.46. The predicted octanol–water partition coefficient (Wildman–Crippen LogP) is 4.20. The van der Waals surface area contributed by atoms with E-state index in [0.717, 1.165) is 18.0 Å². The van der Waals surface area contributed by atoms with Gasteiger partial charge in [0.2, 0.25) is 0 Å². The number of hydrogen-bond acceptors (Lipinski definition) is 2. The zero-order valence-electron chi connectivity index (χ0n) is 11.9. The highest BCUT2D eigenvalue weighted by atomic mass is 27.2. The lowest BCUT2D eigenvalue weighted by Gasteiger charge is -2.21. The molecule has 0 aromatic carbocycles. The lowest BCUT2D eigenvalue weighted by Crippen LogP contribution is -2.24. The largest absolute Gasteiger partial charge is 0.646 e. The van der Waals surface area contributed by atoms with E-state index in [0.29, 0.717) is 9.56 Å². The Labute approximate surface area is 106 Å². The summed E-state index contributed by atoms with van der Waals surface area (Å²) in [5.41, 5.74) is 1.06. The normalized spacial score (nSPS) is 13.6. The zero-order chi connectivity index (χ0) is 12.7. The van der Waals surface area contributed by atoms with Crippen LogP contribution in [-0.2, 0) is 3.79 Å². The van der Waals surface area contributed by atoms with Gasteiger partial charge in [-0.1, -0.05) is 27.7 Å². The monoisotopic (exact) mass is 239 g/mol. The molecule has 92 valence electrons. The van der Waals surface area contributed by atoms with E-state index in [4.69, 9.17) is 3.79 Å². The minimum Gasteiger partial charge on any atom is -0.646 e. The fraction of sp³-hybridized carbons (Fsp3) is 0.769. The minimum absolute atomic E-state index is 0.673. The number of hydrogen-bond donors (Lipinski definition) is 0. The molecule has 0 aliphatic heterocycles. The highest BCUT2D eigenvalue weighted by molar-refractivity contribution is 6.55. The number of aliphatic imine (C=N–C) groups is 1. The van der Waals surface area contributed by atoms with Crippen molar-refractivity contribution in [1.29, 1.82) is 0 Å². The molecule has 0 rings (SSSR count). The third-order valence-corrected chi connectivity index (χ3v) is 5.73. The first-order valence-corrected chi connectivity index (χ1v) is 8.04. The Kier molecular flexibility index (Phi) is 7.80. The van der Waals surface area contributed by atoms with Crippen molar-refractivity contribution in [3.8, 4) is 0 Å². The minimum atomic E-state index is -1.14. The molecule has 0 N–H and O–H groups in total. The molecule has 0 unspecified atom stereocenters. The van der Waals surface area contributed by atoms with E-state index >= 15 is 0 Å². The van der Waals surface area contributed by atoms with Crippen molar-refractivity contribution in [3.63, 3.8) is 0 Å². The van der Waals surface area contributed by atoms with Crippen LogP contribution >= 0.6 is 0 Å². The van der Waals surface area contributed by atoms with Crippen LogP contribution in [0.15, 0.2) is 16.8 Å². The molecule has 0 aliphatic rings. The van der Waals surface area contributed by atoms with Crippen LogP contribution in [0, 0.1) is 0 Å². The van der Waals surface area contributed by atoms with E-state index in [9.17, 15) is 0 Å².